The normalized spacial score (nSPS) is 27.3. The predicted octanol–water partition coefficient (Wildman–Crippen LogP) is -3.07. The summed E-state index contributed by atoms with van der Waals surface area (Å²) in [6.07, 6.45) is -0.0762. The summed E-state index contributed by atoms with van der Waals surface area (Å²) in [5, 5.41) is 26.6. The SMILES string of the molecule is CN(C)S(=O)(=O)N1CC[C@@H](C(=O)O)C1.CN(C)S(=O)(=O)N1C[C@@](N)(C(=O)O)C[C@@H]1C(=O)O. The van der Waals surface area contributed by atoms with E-state index in [1.165, 1.54) is 32.5 Å². The topological polar surface area (TPSA) is 219 Å². The van der Waals surface area contributed by atoms with Gasteiger partial charge in [0.25, 0.3) is 20.4 Å². The van der Waals surface area contributed by atoms with Crippen LogP contribution in [0.3, 0.4) is 0 Å². The molecule has 0 unspecified atom stereocenters. The van der Waals surface area contributed by atoms with Crippen molar-refractivity contribution in [3.05, 3.63) is 0 Å². The first-order chi connectivity index (χ1) is 14.4. The van der Waals surface area contributed by atoms with Gasteiger partial charge in [-0.05, 0) is 6.42 Å². The van der Waals surface area contributed by atoms with Crippen LogP contribution >= 0.6 is 0 Å². The molecule has 0 bridgehead atoms. The van der Waals surface area contributed by atoms with Gasteiger partial charge in [0.05, 0.1) is 5.92 Å². The minimum Gasteiger partial charge on any atom is -0.481 e. The van der Waals surface area contributed by atoms with Crippen molar-refractivity contribution in [3.63, 3.8) is 0 Å². The molecule has 32 heavy (non-hydrogen) atoms. The highest BCUT2D eigenvalue weighted by atomic mass is 32.2. The molecule has 2 fully saturated rings. The zero-order valence-electron chi connectivity index (χ0n) is 18.1. The van der Waals surface area contributed by atoms with Gasteiger partial charge in [-0.2, -0.15) is 34.1 Å². The third kappa shape index (κ3) is 5.91. The number of nitrogens with zero attached hydrogens (tertiary/aromatic N) is 4. The first kappa shape index (κ1) is 28.1. The van der Waals surface area contributed by atoms with E-state index in [2.05, 4.69) is 0 Å². The Labute approximate surface area is 186 Å². The monoisotopic (exact) mass is 503 g/mol. The van der Waals surface area contributed by atoms with E-state index in [9.17, 15) is 31.2 Å². The fourth-order valence-corrected chi connectivity index (χ4v) is 5.55. The molecule has 2 rings (SSSR count). The van der Waals surface area contributed by atoms with Crippen LogP contribution in [0.2, 0.25) is 0 Å². The fourth-order valence-electron chi connectivity index (χ4n) is 3.09. The van der Waals surface area contributed by atoms with Crippen LogP contribution in [-0.2, 0) is 34.8 Å². The minimum absolute atomic E-state index is 0.0792. The Kier molecular flexibility index (Phi) is 8.74. The molecule has 0 aromatic rings. The van der Waals surface area contributed by atoms with Crippen molar-refractivity contribution < 1.29 is 46.5 Å². The van der Waals surface area contributed by atoms with Crippen molar-refractivity contribution in [1.82, 2.24) is 17.2 Å². The number of carbonyl (C=O) groups is 3. The molecule has 0 aromatic heterocycles. The third-order valence-corrected chi connectivity index (χ3v) is 8.91. The average molecular weight is 504 g/mol. The van der Waals surface area contributed by atoms with E-state index in [0.717, 1.165) is 8.61 Å². The van der Waals surface area contributed by atoms with Gasteiger partial charge in [-0.1, -0.05) is 0 Å². The second kappa shape index (κ2) is 9.94. The van der Waals surface area contributed by atoms with Crippen molar-refractivity contribution >= 4 is 38.3 Å². The second-order valence-corrected chi connectivity index (χ2v) is 12.1. The van der Waals surface area contributed by atoms with Gasteiger partial charge in [0.2, 0.25) is 0 Å². The molecule has 0 aromatic carbocycles. The molecule has 0 saturated carbocycles. The summed E-state index contributed by atoms with van der Waals surface area (Å²) in [7, 11) is -2.15. The molecule has 2 aliphatic heterocycles. The van der Waals surface area contributed by atoms with Crippen LogP contribution in [0.25, 0.3) is 0 Å². The van der Waals surface area contributed by atoms with Crippen LogP contribution in [0.4, 0.5) is 0 Å². The molecule has 5 N–H and O–H groups in total. The molecule has 3 atom stereocenters. The highest BCUT2D eigenvalue weighted by molar-refractivity contribution is 7.87. The standard InChI is InChI=1S/C8H15N3O6S.C7H14N2O4S/c1-10(2)18(16,17)11-4-8(9,7(14)15)3-5(11)6(12)13;1-8(2)14(12,13)9-4-3-6(5-9)7(10)11/h5H,3-4,9H2,1-2H3,(H,12,13)(H,14,15);6H,3-5H2,1-2H3,(H,10,11)/t5-,8-;6-/m11/s1. The Morgan fingerprint density at radius 2 is 1.44 bits per heavy atom. The van der Waals surface area contributed by atoms with Crippen molar-refractivity contribution in [2.75, 3.05) is 47.8 Å². The maximum atomic E-state index is 11.9. The van der Waals surface area contributed by atoms with Gasteiger partial charge in [0.1, 0.15) is 11.6 Å². The number of hydrogen-bond donors (Lipinski definition) is 4. The lowest BCUT2D eigenvalue weighted by Gasteiger charge is -2.24. The van der Waals surface area contributed by atoms with E-state index < -0.39 is 68.8 Å². The van der Waals surface area contributed by atoms with E-state index in [-0.39, 0.29) is 13.1 Å². The third-order valence-electron chi connectivity index (χ3n) is 5.10. The van der Waals surface area contributed by atoms with Crippen molar-refractivity contribution in [2.24, 2.45) is 11.7 Å². The lowest BCUT2D eigenvalue weighted by molar-refractivity contribution is -0.143. The summed E-state index contributed by atoms with van der Waals surface area (Å²) < 4.78 is 50.6. The van der Waals surface area contributed by atoms with E-state index >= 15 is 0 Å². The maximum absolute atomic E-state index is 11.9. The quantitative estimate of drug-likeness (QED) is 0.273. The molecular formula is C15H29N5O10S2. The second-order valence-electron chi connectivity index (χ2n) is 7.83. The molecule has 17 heteroatoms. The summed E-state index contributed by atoms with van der Waals surface area (Å²) in [5.41, 5.74) is 3.65. The number of nitrogens with two attached hydrogens (primary N) is 1. The van der Waals surface area contributed by atoms with Crippen LogP contribution in [0.5, 0.6) is 0 Å². The zero-order valence-corrected chi connectivity index (χ0v) is 19.7. The molecule has 0 radical (unpaired) electrons. The molecule has 2 aliphatic rings. The van der Waals surface area contributed by atoms with E-state index in [0.29, 0.717) is 10.7 Å². The Morgan fingerprint density at radius 1 is 0.938 bits per heavy atom. The Morgan fingerprint density at radius 3 is 1.78 bits per heavy atom. The summed E-state index contributed by atoms with van der Waals surface area (Å²) >= 11 is 0. The van der Waals surface area contributed by atoms with Crippen LogP contribution in [0.15, 0.2) is 0 Å². The smallest absolute Gasteiger partial charge is 0.325 e. The fraction of sp³-hybridized carbons (Fsp3) is 0.800. The molecule has 2 heterocycles. The zero-order chi connectivity index (χ0) is 25.2. The van der Waals surface area contributed by atoms with Crippen LogP contribution in [-0.4, -0.2) is 127 Å². The first-order valence-corrected chi connectivity index (χ1v) is 12.0. The van der Waals surface area contributed by atoms with Crippen molar-refractivity contribution in [2.45, 2.75) is 24.4 Å². The minimum atomic E-state index is -4.03. The van der Waals surface area contributed by atoms with Crippen molar-refractivity contribution in [1.29, 1.82) is 0 Å². The lowest BCUT2D eigenvalue weighted by atomic mass is 9.98. The first-order valence-electron chi connectivity index (χ1n) is 9.22. The molecule has 2 saturated heterocycles. The molecule has 15 nitrogen and oxygen atoms in total. The molecule has 0 amide bonds. The number of aliphatic carboxylic acids is 3. The highest BCUT2D eigenvalue weighted by Gasteiger charge is 2.54. The Hall–Kier alpha value is -1.89. The number of carboxylic acid groups (broad SMARTS) is 3. The van der Waals surface area contributed by atoms with Gasteiger partial charge in [-0.25, -0.2) is 0 Å². The van der Waals surface area contributed by atoms with Gasteiger partial charge in [0.15, 0.2) is 0 Å². The van der Waals surface area contributed by atoms with Crippen LogP contribution in [0, 0.1) is 5.92 Å². The van der Waals surface area contributed by atoms with Gasteiger partial charge in [-0.3, -0.25) is 14.4 Å². The van der Waals surface area contributed by atoms with Gasteiger partial charge < -0.3 is 21.1 Å². The average Bonchev–Trinajstić information content (AvgIpc) is 3.28. The Bertz CT molecular complexity index is 952. The maximum Gasteiger partial charge on any atom is 0.325 e. The molecule has 186 valence electrons. The summed E-state index contributed by atoms with van der Waals surface area (Å²) in [6.45, 7) is -0.201. The van der Waals surface area contributed by atoms with E-state index in [4.69, 9.17) is 21.1 Å². The van der Waals surface area contributed by atoms with Crippen LogP contribution < -0.4 is 5.73 Å². The van der Waals surface area contributed by atoms with Gasteiger partial charge >= 0.3 is 17.9 Å². The van der Waals surface area contributed by atoms with Crippen LogP contribution in [0.1, 0.15) is 12.8 Å². The largest absolute Gasteiger partial charge is 0.481 e. The van der Waals surface area contributed by atoms with Crippen molar-refractivity contribution in [3.8, 4) is 0 Å². The highest BCUT2D eigenvalue weighted by Crippen LogP contribution is 2.29. The van der Waals surface area contributed by atoms with Gasteiger partial charge in [-0.15, -0.1) is 0 Å². The lowest BCUT2D eigenvalue weighted by Crippen LogP contribution is -2.51. The number of carboxylic acids is 3. The van der Waals surface area contributed by atoms with Gasteiger partial charge in [0, 0.05) is 54.2 Å². The molecule has 0 aliphatic carbocycles. The summed E-state index contributed by atoms with van der Waals surface area (Å²) in [6, 6.07) is -1.47. The van der Waals surface area contributed by atoms with E-state index in [1.54, 1.807) is 0 Å². The molecular weight excluding hydrogens is 474 g/mol. The summed E-state index contributed by atoms with van der Waals surface area (Å²) in [5.74, 6) is -4.34. The Balaban J connectivity index is 0.000000330. The van der Waals surface area contributed by atoms with E-state index in [1.807, 2.05) is 0 Å². The number of rotatable bonds is 7. The molecule has 0 spiro atoms. The number of hydrogen-bond acceptors (Lipinski definition) is 8. The predicted molar refractivity (Wildman–Crippen MR) is 110 cm³/mol. The summed E-state index contributed by atoms with van der Waals surface area (Å²) in [4.78, 5) is 32.6.